The van der Waals surface area contributed by atoms with Crippen molar-refractivity contribution in [3.63, 3.8) is 0 Å². The molecule has 0 fully saturated rings. The van der Waals surface area contributed by atoms with Crippen LogP contribution in [0, 0.1) is 5.82 Å². The Morgan fingerprint density at radius 3 is 2.76 bits per heavy atom. The van der Waals surface area contributed by atoms with E-state index >= 15 is 0 Å². The highest BCUT2D eigenvalue weighted by Gasteiger charge is 2.25. The molecule has 2 heterocycles. The second kappa shape index (κ2) is 6.80. The van der Waals surface area contributed by atoms with Gasteiger partial charge in [-0.15, -0.1) is 11.3 Å². The first-order chi connectivity index (χ1) is 12.2. The number of nitrogens with one attached hydrogen (secondary N) is 1. The van der Waals surface area contributed by atoms with Gasteiger partial charge in [0.15, 0.2) is 5.69 Å². The van der Waals surface area contributed by atoms with Crippen molar-refractivity contribution in [2.24, 2.45) is 0 Å². The van der Waals surface area contributed by atoms with Crippen LogP contribution in [0.2, 0.25) is 0 Å². The monoisotopic (exact) mass is 355 g/mol. The molecule has 1 amide bonds. The number of hydrogen-bond donors (Lipinski definition) is 1. The van der Waals surface area contributed by atoms with Gasteiger partial charge >= 0.3 is 0 Å². The molecular formula is C19H18FN3OS. The summed E-state index contributed by atoms with van der Waals surface area (Å²) in [6, 6.07) is 10.2. The van der Waals surface area contributed by atoms with Crippen LogP contribution < -0.4 is 5.32 Å². The normalized spacial score (nSPS) is 13.5. The average Bonchev–Trinajstić information content (AvgIpc) is 3.28. The van der Waals surface area contributed by atoms with Crippen molar-refractivity contribution in [1.29, 1.82) is 0 Å². The molecule has 0 saturated carbocycles. The second-order valence-corrected chi connectivity index (χ2v) is 7.16. The predicted molar refractivity (Wildman–Crippen MR) is 95.7 cm³/mol. The van der Waals surface area contributed by atoms with Gasteiger partial charge in [0.2, 0.25) is 0 Å². The smallest absolute Gasteiger partial charge is 0.272 e. The van der Waals surface area contributed by atoms with Gasteiger partial charge in [0.25, 0.3) is 5.91 Å². The standard InChI is InChI=1S/C19H18FN3OS/c20-13-7-9-14(10-8-13)23-17-6-2-1-5-16(17)18(22-23)19(24)21-12-15-4-3-11-25-15/h3-4,7-11H,1-2,5-6,12H2,(H,21,24). The molecule has 25 heavy (non-hydrogen) atoms. The van der Waals surface area contributed by atoms with Gasteiger partial charge in [0, 0.05) is 16.1 Å². The van der Waals surface area contributed by atoms with E-state index in [1.807, 2.05) is 17.5 Å². The fourth-order valence-corrected chi connectivity index (χ4v) is 3.89. The average molecular weight is 355 g/mol. The minimum absolute atomic E-state index is 0.146. The number of benzene rings is 1. The van der Waals surface area contributed by atoms with Gasteiger partial charge in [0.1, 0.15) is 5.82 Å². The van der Waals surface area contributed by atoms with Gasteiger partial charge in [-0.25, -0.2) is 9.07 Å². The largest absolute Gasteiger partial charge is 0.346 e. The fraction of sp³-hybridized carbons (Fsp3) is 0.263. The molecule has 2 aromatic heterocycles. The maximum absolute atomic E-state index is 13.2. The van der Waals surface area contributed by atoms with E-state index in [0.717, 1.165) is 47.5 Å². The Kier molecular flexibility index (Phi) is 4.36. The minimum Gasteiger partial charge on any atom is -0.346 e. The summed E-state index contributed by atoms with van der Waals surface area (Å²) >= 11 is 1.62. The van der Waals surface area contributed by atoms with Crippen molar-refractivity contribution in [3.8, 4) is 5.69 Å². The fourth-order valence-electron chi connectivity index (χ4n) is 3.24. The lowest BCUT2D eigenvalue weighted by atomic mass is 9.95. The second-order valence-electron chi connectivity index (χ2n) is 6.13. The molecule has 1 aromatic carbocycles. The first kappa shape index (κ1) is 16.0. The minimum atomic E-state index is -0.279. The lowest BCUT2D eigenvalue weighted by molar-refractivity contribution is 0.0945. The van der Waals surface area contributed by atoms with Crippen molar-refractivity contribution in [1.82, 2.24) is 15.1 Å². The summed E-state index contributed by atoms with van der Waals surface area (Å²) in [5.41, 5.74) is 3.38. The third-order valence-corrected chi connectivity index (χ3v) is 5.35. The van der Waals surface area contributed by atoms with E-state index < -0.39 is 0 Å². The Morgan fingerprint density at radius 2 is 2.00 bits per heavy atom. The Bertz CT molecular complexity index is 884. The number of carbonyl (C=O) groups excluding carboxylic acids is 1. The van der Waals surface area contributed by atoms with Crippen LogP contribution in [0.15, 0.2) is 41.8 Å². The van der Waals surface area contributed by atoms with Crippen LogP contribution in [0.25, 0.3) is 5.69 Å². The zero-order chi connectivity index (χ0) is 17.2. The van der Waals surface area contributed by atoms with Gasteiger partial charge in [0.05, 0.1) is 12.2 Å². The first-order valence-electron chi connectivity index (χ1n) is 8.39. The third kappa shape index (κ3) is 3.22. The maximum atomic E-state index is 13.2. The number of carbonyl (C=O) groups is 1. The van der Waals surface area contributed by atoms with E-state index in [4.69, 9.17) is 0 Å². The predicted octanol–water partition coefficient (Wildman–Crippen LogP) is 3.88. The molecule has 0 unspecified atom stereocenters. The summed E-state index contributed by atoms with van der Waals surface area (Å²) in [6.07, 6.45) is 3.89. The van der Waals surface area contributed by atoms with E-state index in [0.29, 0.717) is 12.2 Å². The van der Waals surface area contributed by atoms with Crippen LogP contribution in [-0.4, -0.2) is 15.7 Å². The lowest BCUT2D eigenvalue weighted by Gasteiger charge is -2.14. The molecule has 0 bridgehead atoms. The van der Waals surface area contributed by atoms with E-state index in [1.165, 1.54) is 12.1 Å². The summed E-state index contributed by atoms with van der Waals surface area (Å²) in [4.78, 5) is 13.8. The first-order valence-corrected chi connectivity index (χ1v) is 9.27. The summed E-state index contributed by atoms with van der Waals surface area (Å²) in [7, 11) is 0. The molecule has 128 valence electrons. The molecule has 1 N–H and O–H groups in total. The van der Waals surface area contributed by atoms with Crippen LogP contribution in [0.5, 0.6) is 0 Å². The molecular weight excluding hydrogens is 337 g/mol. The summed E-state index contributed by atoms with van der Waals surface area (Å²) in [5.74, 6) is -0.425. The summed E-state index contributed by atoms with van der Waals surface area (Å²) in [5, 5.41) is 9.53. The molecule has 4 rings (SSSR count). The zero-order valence-electron chi connectivity index (χ0n) is 13.7. The Hall–Kier alpha value is -2.47. The van der Waals surface area contributed by atoms with Gasteiger partial charge in [-0.1, -0.05) is 6.07 Å². The number of thiophene rings is 1. The van der Waals surface area contributed by atoms with Crippen molar-refractivity contribution in [2.75, 3.05) is 0 Å². The highest BCUT2D eigenvalue weighted by Crippen LogP contribution is 2.27. The van der Waals surface area contributed by atoms with Crippen molar-refractivity contribution < 1.29 is 9.18 Å². The molecule has 0 atom stereocenters. The molecule has 0 aliphatic heterocycles. The van der Waals surface area contributed by atoms with Gasteiger partial charge in [-0.05, 0) is 61.4 Å². The van der Waals surface area contributed by atoms with Crippen LogP contribution in [-0.2, 0) is 19.4 Å². The van der Waals surface area contributed by atoms with Crippen molar-refractivity contribution in [3.05, 3.63) is 69.4 Å². The Labute approximate surface area is 149 Å². The van der Waals surface area contributed by atoms with Crippen LogP contribution in [0.3, 0.4) is 0 Å². The highest BCUT2D eigenvalue weighted by molar-refractivity contribution is 7.09. The van der Waals surface area contributed by atoms with E-state index in [1.54, 1.807) is 28.2 Å². The number of fused-ring (bicyclic) bond motifs is 1. The van der Waals surface area contributed by atoms with Crippen molar-refractivity contribution >= 4 is 17.2 Å². The molecule has 0 radical (unpaired) electrons. The molecule has 4 nitrogen and oxygen atoms in total. The highest BCUT2D eigenvalue weighted by atomic mass is 32.1. The zero-order valence-corrected chi connectivity index (χ0v) is 14.5. The van der Waals surface area contributed by atoms with Crippen molar-refractivity contribution in [2.45, 2.75) is 32.2 Å². The van der Waals surface area contributed by atoms with Gasteiger partial charge in [-0.3, -0.25) is 4.79 Å². The third-order valence-electron chi connectivity index (χ3n) is 4.47. The van der Waals surface area contributed by atoms with E-state index in [9.17, 15) is 9.18 Å². The molecule has 0 saturated heterocycles. The van der Waals surface area contributed by atoms with Crippen LogP contribution in [0.1, 0.15) is 39.5 Å². The van der Waals surface area contributed by atoms with Gasteiger partial charge in [-0.2, -0.15) is 5.10 Å². The quantitative estimate of drug-likeness (QED) is 0.772. The molecule has 1 aliphatic carbocycles. The van der Waals surface area contributed by atoms with E-state index in [2.05, 4.69) is 10.4 Å². The SMILES string of the molecule is O=C(NCc1cccs1)c1nn(-c2ccc(F)cc2)c2c1CCCC2. The molecule has 6 heteroatoms. The van der Waals surface area contributed by atoms with Crippen LogP contribution in [0.4, 0.5) is 4.39 Å². The summed E-state index contributed by atoms with van der Waals surface area (Å²) < 4.78 is 15.0. The summed E-state index contributed by atoms with van der Waals surface area (Å²) in [6.45, 7) is 0.509. The molecule has 0 spiro atoms. The maximum Gasteiger partial charge on any atom is 0.272 e. The number of halogens is 1. The number of hydrogen-bond acceptors (Lipinski definition) is 3. The Balaban J connectivity index is 1.65. The number of rotatable bonds is 4. The molecule has 3 aromatic rings. The Morgan fingerprint density at radius 1 is 1.20 bits per heavy atom. The molecule has 1 aliphatic rings. The number of aromatic nitrogens is 2. The topological polar surface area (TPSA) is 46.9 Å². The number of nitrogens with zero attached hydrogens (tertiary/aromatic N) is 2. The van der Waals surface area contributed by atoms with Crippen LogP contribution >= 0.6 is 11.3 Å². The number of amides is 1. The lowest BCUT2D eigenvalue weighted by Crippen LogP contribution is -2.24. The van der Waals surface area contributed by atoms with E-state index in [-0.39, 0.29) is 11.7 Å². The van der Waals surface area contributed by atoms with Gasteiger partial charge < -0.3 is 5.32 Å².